The Hall–Kier alpha value is -3.71. The van der Waals surface area contributed by atoms with E-state index in [1.165, 1.54) is 64.2 Å². The van der Waals surface area contributed by atoms with Crippen LogP contribution in [0.5, 0.6) is 0 Å². The number of amides is 2. The summed E-state index contributed by atoms with van der Waals surface area (Å²) in [6.45, 7) is 0. The highest BCUT2D eigenvalue weighted by Gasteiger charge is 2.23. The third-order valence-corrected chi connectivity index (χ3v) is 13.1. The second-order valence-electron chi connectivity index (χ2n) is 13.9. The number of carbonyl (C=O) groups excluding carboxylic acids is 2. The van der Waals surface area contributed by atoms with Gasteiger partial charge in [0.15, 0.2) is 11.4 Å². The molecular weight excluding hydrogens is 783 g/mol. The van der Waals surface area contributed by atoms with Gasteiger partial charge in [-0.15, -0.1) is 45.3 Å². The van der Waals surface area contributed by atoms with E-state index in [1.54, 1.807) is 22.7 Å². The molecule has 5 N–H and O–H groups in total. The van der Waals surface area contributed by atoms with E-state index in [0.29, 0.717) is 21.9 Å². The van der Waals surface area contributed by atoms with E-state index in [4.69, 9.17) is 34.7 Å². The minimum Gasteiger partial charge on any atom is -0.870 e. The molecule has 2 aliphatic rings. The summed E-state index contributed by atoms with van der Waals surface area (Å²) in [5.41, 5.74) is 15.7. The molecule has 2 aliphatic carbocycles. The van der Waals surface area contributed by atoms with E-state index in [9.17, 15) is 9.59 Å². The largest absolute Gasteiger partial charge is 0.870 e. The van der Waals surface area contributed by atoms with Crippen molar-refractivity contribution in [1.82, 2.24) is 20.4 Å². The van der Waals surface area contributed by atoms with Crippen LogP contribution >= 0.6 is 58.3 Å². The number of halogens is 3. The van der Waals surface area contributed by atoms with E-state index >= 15 is 0 Å². The molecule has 6 aromatic rings. The minimum atomic E-state index is -0.531. The zero-order valence-corrected chi connectivity index (χ0v) is 33.6. The first-order valence-corrected chi connectivity index (χ1v) is 20.3. The summed E-state index contributed by atoms with van der Waals surface area (Å²) < 4.78 is 1.67. The number of hydrogen-bond acceptors (Lipinski definition) is 9. The van der Waals surface area contributed by atoms with Crippen molar-refractivity contribution in [1.29, 1.82) is 0 Å². The number of nitrogens with zero attached hydrogens (tertiary/aromatic N) is 4. The summed E-state index contributed by atoms with van der Waals surface area (Å²) in [6, 6.07) is 19.6. The van der Waals surface area contributed by atoms with Gasteiger partial charge in [-0.25, -0.2) is 0 Å². The Morgan fingerprint density at radius 2 is 0.944 bits per heavy atom. The Balaban J connectivity index is 0.000000200. The van der Waals surface area contributed by atoms with E-state index < -0.39 is 11.8 Å². The quantitative estimate of drug-likeness (QED) is 0.154. The average Bonchev–Trinajstić information content (AvgIpc) is 3.80. The first-order valence-electron chi connectivity index (χ1n) is 17.9. The Labute approximate surface area is 338 Å². The molecule has 284 valence electrons. The Kier molecular flexibility index (Phi) is 14.4. The second-order valence-corrected chi connectivity index (χ2v) is 16.8. The van der Waals surface area contributed by atoms with Gasteiger partial charge in [-0.3, -0.25) is 9.59 Å². The molecule has 4 heterocycles. The van der Waals surface area contributed by atoms with Gasteiger partial charge >= 0.3 is 0 Å². The van der Waals surface area contributed by atoms with Gasteiger partial charge < -0.3 is 16.9 Å². The lowest BCUT2D eigenvalue weighted by Crippen LogP contribution is -2.16. The van der Waals surface area contributed by atoms with Crippen LogP contribution in [0, 0.1) is 11.8 Å². The van der Waals surface area contributed by atoms with Gasteiger partial charge in [0.25, 0.3) is 11.8 Å². The van der Waals surface area contributed by atoms with Gasteiger partial charge in [-0.1, -0.05) is 112 Å². The van der Waals surface area contributed by atoms with Gasteiger partial charge in [0, 0.05) is 30.6 Å². The van der Waals surface area contributed by atoms with Gasteiger partial charge in [-0.2, -0.15) is 10.2 Å². The zero-order chi connectivity index (χ0) is 36.2. The van der Waals surface area contributed by atoms with Crippen LogP contribution in [-0.4, -0.2) is 37.7 Å². The number of fused-ring (bicyclic) bond motifs is 2. The molecule has 0 spiro atoms. The zero-order valence-electron chi connectivity index (χ0n) is 29.6. The van der Waals surface area contributed by atoms with E-state index in [1.807, 2.05) is 48.5 Å². The molecule has 14 heteroatoms. The molecule has 2 aromatic carbocycles. The SMILES string of the molecule is Cl.NC(=O)c1nnc(CC2CCCCC2)c2cc(-c3ccc(Cl)cc3)sc12.NC(=O)c1nnc(CC2CCCCC2)c2cc(-c3ccc(Cl)cc3)sc12.[OH-]. The van der Waals surface area contributed by atoms with Crippen molar-refractivity contribution in [3.63, 3.8) is 0 Å². The van der Waals surface area contributed by atoms with Crippen LogP contribution in [0.1, 0.15) is 96.6 Å². The maximum atomic E-state index is 11.8. The summed E-state index contributed by atoms with van der Waals surface area (Å²) in [4.78, 5) is 25.8. The Bertz CT molecular complexity index is 2060. The number of benzene rings is 2. The van der Waals surface area contributed by atoms with Crippen molar-refractivity contribution in [3.8, 4) is 20.9 Å². The molecule has 0 aliphatic heterocycles. The predicted octanol–water partition coefficient (Wildman–Crippen LogP) is 10.7. The van der Waals surface area contributed by atoms with Crippen LogP contribution in [0.3, 0.4) is 0 Å². The summed E-state index contributed by atoms with van der Waals surface area (Å²) in [5, 5.41) is 20.5. The third kappa shape index (κ3) is 9.56. The maximum absolute atomic E-state index is 11.8. The number of thiophene rings is 2. The van der Waals surface area contributed by atoms with Gasteiger partial charge in [-0.05, 0) is 72.2 Å². The molecule has 54 heavy (non-hydrogen) atoms. The van der Waals surface area contributed by atoms with Crippen LogP contribution in [0.25, 0.3) is 41.1 Å². The fourth-order valence-electron chi connectivity index (χ4n) is 7.45. The number of primary amides is 2. The van der Waals surface area contributed by atoms with Crippen molar-refractivity contribution in [2.24, 2.45) is 23.3 Å². The number of aromatic nitrogens is 4. The molecule has 8 rings (SSSR count). The van der Waals surface area contributed by atoms with Crippen molar-refractivity contribution < 1.29 is 15.1 Å². The Morgan fingerprint density at radius 3 is 1.28 bits per heavy atom. The van der Waals surface area contributed by atoms with Crippen LogP contribution in [-0.2, 0) is 12.8 Å². The van der Waals surface area contributed by atoms with Crippen LogP contribution < -0.4 is 11.5 Å². The lowest BCUT2D eigenvalue weighted by atomic mass is 9.85. The molecule has 0 radical (unpaired) electrons. The normalized spacial score (nSPS) is 14.9. The van der Waals surface area contributed by atoms with E-state index in [-0.39, 0.29) is 29.3 Å². The highest BCUT2D eigenvalue weighted by molar-refractivity contribution is 7.23. The standard InChI is InChI=1S/2C20H20ClN3OS.ClH.H2O/c2*21-14-8-6-13(7-9-14)17-11-15-16(10-12-4-2-1-3-5-12)23-24-18(20(22)25)19(15)26-17;;/h2*6-9,11-12H,1-5,10H2,(H2,22,25);1H;1H2/p-1. The van der Waals surface area contributed by atoms with Crippen molar-refractivity contribution in [3.05, 3.63) is 93.5 Å². The first kappa shape index (κ1) is 41.5. The fraction of sp³-hybridized carbons (Fsp3) is 0.350. The molecule has 2 saturated carbocycles. The first-order chi connectivity index (χ1) is 25.2. The molecular formula is C40H42Cl3N6O3S2-. The van der Waals surface area contributed by atoms with Gasteiger partial charge in [0.1, 0.15) is 0 Å². The van der Waals surface area contributed by atoms with Crippen molar-refractivity contribution >= 4 is 90.3 Å². The molecule has 2 amide bonds. The van der Waals surface area contributed by atoms with Crippen LogP contribution in [0.2, 0.25) is 10.0 Å². The summed E-state index contributed by atoms with van der Waals surface area (Å²) in [5.74, 6) is 0.242. The highest BCUT2D eigenvalue weighted by Crippen LogP contribution is 2.39. The Morgan fingerprint density at radius 1 is 0.593 bits per heavy atom. The van der Waals surface area contributed by atoms with Crippen molar-refractivity contribution in [2.45, 2.75) is 77.0 Å². The lowest BCUT2D eigenvalue weighted by molar-refractivity contribution is 0.0988. The summed E-state index contributed by atoms with van der Waals surface area (Å²) in [6.07, 6.45) is 14.6. The predicted molar refractivity (Wildman–Crippen MR) is 222 cm³/mol. The lowest BCUT2D eigenvalue weighted by Gasteiger charge is -2.21. The number of nitrogens with two attached hydrogens (primary N) is 2. The second kappa shape index (κ2) is 18.8. The molecule has 9 nitrogen and oxygen atoms in total. The van der Waals surface area contributed by atoms with E-state index in [0.717, 1.165) is 65.3 Å². The van der Waals surface area contributed by atoms with Gasteiger partial charge in [0.05, 0.1) is 20.8 Å². The summed E-state index contributed by atoms with van der Waals surface area (Å²) >= 11 is 15.1. The smallest absolute Gasteiger partial charge is 0.270 e. The molecule has 0 unspecified atom stereocenters. The topological polar surface area (TPSA) is 168 Å². The molecule has 2 fully saturated rings. The van der Waals surface area contributed by atoms with Crippen molar-refractivity contribution in [2.75, 3.05) is 0 Å². The molecule has 4 aromatic heterocycles. The van der Waals surface area contributed by atoms with E-state index in [2.05, 4.69) is 32.5 Å². The fourth-order valence-corrected chi connectivity index (χ4v) is 10.1. The third-order valence-electron chi connectivity index (χ3n) is 10.2. The highest BCUT2D eigenvalue weighted by atomic mass is 35.5. The number of rotatable bonds is 8. The monoisotopic (exact) mass is 823 g/mol. The number of carbonyl (C=O) groups is 2. The van der Waals surface area contributed by atoms with Crippen LogP contribution in [0.4, 0.5) is 0 Å². The minimum absolute atomic E-state index is 0. The molecule has 0 saturated heterocycles. The summed E-state index contributed by atoms with van der Waals surface area (Å²) in [7, 11) is 0. The van der Waals surface area contributed by atoms with Crippen LogP contribution in [0.15, 0.2) is 60.7 Å². The maximum Gasteiger partial charge on any atom is 0.270 e. The van der Waals surface area contributed by atoms with Gasteiger partial charge in [0.2, 0.25) is 0 Å². The average molecular weight is 825 g/mol. The number of hydrogen-bond donors (Lipinski definition) is 2. The molecule has 0 atom stereocenters. The molecule has 0 bridgehead atoms.